The van der Waals surface area contributed by atoms with E-state index in [0.29, 0.717) is 16.7 Å². The Hall–Kier alpha value is -1.75. The number of hydrogen-bond acceptors (Lipinski definition) is 3. The molecule has 0 amide bonds. The van der Waals surface area contributed by atoms with E-state index in [2.05, 4.69) is 16.9 Å². The van der Waals surface area contributed by atoms with E-state index in [1.165, 1.54) is 0 Å². The van der Waals surface area contributed by atoms with Crippen LogP contribution in [0.2, 0.25) is 10.0 Å². The van der Waals surface area contributed by atoms with Gasteiger partial charge in [0.05, 0.1) is 23.0 Å². The van der Waals surface area contributed by atoms with E-state index < -0.39 is 0 Å². The predicted octanol–water partition coefficient (Wildman–Crippen LogP) is 6.17. The van der Waals surface area contributed by atoms with Gasteiger partial charge in [-0.15, -0.1) is 11.3 Å². The molecule has 1 aromatic heterocycles. The maximum Gasteiger partial charge on any atom is 0.190 e. The molecule has 2 aromatic carbocycles. The third-order valence-electron chi connectivity index (χ3n) is 3.69. The van der Waals surface area contributed by atoms with Crippen LogP contribution >= 0.6 is 34.5 Å². The van der Waals surface area contributed by atoms with Crippen LogP contribution in [0, 0.1) is 0 Å². The molecule has 130 valence electrons. The lowest BCUT2D eigenvalue weighted by molar-refractivity contribution is 0.340. The van der Waals surface area contributed by atoms with Crippen molar-refractivity contribution in [1.82, 2.24) is 4.57 Å². The Morgan fingerprint density at radius 1 is 1.08 bits per heavy atom. The molecule has 0 aliphatic carbocycles. The van der Waals surface area contributed by atoms with Crippen LogP contribution in [0.15, 0.2) is 52.8 Å². The molecule has 0 aliphatic heterocycles. The first kappa shape index (κ1) is 18.1. The van der Waals surface area contributed by atoms with Crippen molar-refractivity contribution in [3.8, 4) is 17.0 Å². The molecule has 0 N–H and O–H groups in total. The molecule has 0 unspecified atom stereocenters. The summed E-state index contributed by atoms with van der Waals surface area (Å²) in [6, 6.07) is 13.3. The van der Waals surface area contributed by atoms with Crippen LogP contribution in [0.4, 0.5) is 5.69 Å². The average Bonchev–Trinajstić information content (AvgIpc) is 2.99. The van der Waals surface area contributed by atoms with Crippen molar-refractivity contribution >= 4 is 40.2 Å². The second-order valence-corrected chi connectivity index (χ2v) is 6.99. The number of benzene rings is 2. The number of thiazole rings is 1. The summed E-state index contributed by atoms with van der Waals surface area (Å²) in [5.41, 5.74) is 2.89. The summed E-state index contributed by atoms with van der Waals surface area (Å²) in [5.74, 6) is 0.852. The van der Waals surface area contributed by atoms with Gasteiger partial charge in [0.1, 0.15) is 5.75 Å². The summed E-state index contributed by atoms with van der Waals surface area (Å²) < 4.78 is 7.62. The third kappa shape index (κ3) is 4.09. The lowest BCUT2D eigenvalue weighted by atomic mass is 10.2. The number of aromatic nitrogens is 1. The van der Waals surface area contributed by atoms with Crippen LogP contribution in [-0.4, -0.2) is 11.2 Å². The number of nitrogens with zero attached hydrogens (tertiary/aromatic N) is 2. The highest BCUT2D eigenvalue weighted by Gasteiger charge is 2.10. The average molecular weight is 393 g/mol. The van der Waals surface area contributed by atoms with Gasteiger partial charge in [0.25, 0.3) is 0 Å². The molecule has 0 saturated carbocycles. The number of halogens is 2. The molecular weight excluding hydrogens is 375 g/mol. The highest BCUT2D eigenvalue weighted by molar-refractivity contribution is 7.07. The first-order chi connectivity index (χ1) is 12.1. The third-order valence-corrected chi connectivity index (χ3v) is 5.10. The Bertz CT molecular complexity index is 929. The van der Waals surface area contributed by atoms with E-state index in [1.807, 2.05) is 43.3 Å². The van der Waals surface area contributed by atoms with Gasteiger partial charge in [0.2, 0.25) is 0 Å². The van der Waals surface area contributed by atoms with Gasteiger partial charge in [-0.2, -0.15) is 0 Å². The van der Waals surface area contributed by atoms with Crippen LogP contribution in [0.5, 0.6) is 5.75 Å². The topological polar surface area (TPSA) is 26.5 Å². The highest BCUT2D eigenvalue weighted by atomic mass is 35.5. The fraction of sp³-hybridized carbons (Fsp3) is 0.211. The number of rotatable bonds is 5. The van der Waals surface area contributed by atoms with Crippen LogP contribution < -0.4 is 9.54 Å². The van der Waals surface area contributed by atoms with Gasteiger partial charge in [0, 0.05) is 22.5 Å². The molecule has 0 atom stereocenters. The number of ether oxygens (including phenoxy) is 1. The molecule has 3 nitrogen and oxygen atoms in total. The van der Waals surface area contributed by atoms with Gasteiger partial charge in [0.15, 0.2) is 4.80 Å². The lowest BCUT2D eigenvalue weighted by Crippen LogP contribution is -2.14. The molecule has 3 rings (SSSR count). The Morgan fingerprint density at radius 2 is 1.84 bits per heavy atom. The van der Waals surface area contributed by atoms with Crippen molar-refractivity contribution in [1.29, 1.82) is 0 Å². The zero-order valence-electron chi connectivity index (χ0n) is 14.0. The Morgan fingerprint density at radius 3 is 2.48 bits per heavy atom. The predicted molar refractivity (Wildman–Crippen MR) is 106 cm³/mol. The highest BCUT2D eigenvalue weighted by Crippen LogP contribution is 2.30. The van der Waals surface area contributed by atoms with Crippen LogP contribution in [-0.2, 0) is 6.54 Å². The van der Waals surface area contributed by atoms with Gasteiger partial charge >= 0.3 is 0 Å². The fourth-order valence-corrected chi connectivity index (χ4v) is 4.02. The molecule has 0 spiro atoms. The second kappa shape index (κ2) is 8.09. The normalized spacial score (nSPS) is 11.8. The maximum absolute atomic E-state index is 6.37. The molecular formula is C19H18Cl2N2OS. The Labute approximate surface area is 161 Å². The SMILES string of the molecule is CCOc1ccc(N=c2scc(-c3ccc(Cl)cc3Cl)n2CC)cc1. The smallest absolute Gasteiger partial charge is 0.190 e. The Balaban J connectivity index is 2.02. The maximum atomic E-state index is 6.37. The van der Waals surface area contributed by atoms with Gasteiger partial charge in [-0.3, -0.25) is 0 Å². The van der Waals surface area contributed by atoms with Crippen LogP contribution in [0.3, 0.4) is 0 Å². The summed E-state index contributed by atoms with van der Waals surface area (Å²) in [7, 11) is 0. The molecule has 0 aliphatic rings. The van der Waals surface area contributed by atoms with Crippen molar-refractivity contribution in [3.63, 3.8) is 0 Å². The van der Waals surface area contributed by atoms with Gasteiger partial charge in [-0.1, -0.05) is 23.2 Å². The van der Waals surface area contributed by atoms with Crippen molar-refractivity contribution in [2.45, 2.75) is 20.4 Å². The summed E-state index contributed by atoms with van der Waals surface area (Å²) in [6.45, 7) is 5.52. The summed E-state index contributed by atoms with van der Waals surface area (Å²) in [4.78, 5) is 5.69. The van der Waals surface area contributed by atoms with Crippen molar-refractivity contribution < 1.29 is 4.74 Å². The summed E-state index contributed by atoms with van der Waals surface area (Å²) in [5, 5.41) is 3.35. The first-order valence-corrected chi connectivity index (χ1v) is 9.67. The monoisotopic (exact) mass is 392 g/mol. The first-order valence-electron chi connectivity index (χ1n) is 8.03. The van der Waals surface area contributed by atoms with E-state index >= 15 is 0 Å². The van der Waals surface area contributed by atoms with Crippen LogP contribution in [0.25, 0.3) is 11.3 Å². The molecule has 0 fully saturated rings. The fourth-order valence-electron chi connectivity index (χ4n) is 2.53. The van der Waals surface area contributed by atoms with Crippen molar-refractivity contribution in [3.05, 3.63) is 62.7 Å². The van der Waals surface area contributed by atoms with E-state index in [0.717, 1.165) is 34.0 Å². The van der Waals surface area contributed by atoms with E-state index in [1.54, 1.807) is 17.4 Å². The zero-order valence-corrected chi connectivity index (χ0v) is 16.3. The second-order valence-electron chi connectivity index (χ2n) is 5.31. The van der Waals surface area contributed by atoms with E-state index in [-0.39, 0.29) is 0 Å². The van der Waals surface area contributed by atoms with Gasteiger partial charge < -0.3 is 9.30 Å². The largest absolute Gasteiger partial charge is 0.494 e. The Kier molecular flexibility index (Phi) is 5.84. The van der Waals surface area contributed by atoms with Crippen LogP contribution in [0.1, 0.15) is 13.8 Å². The zero-order chi connectivity index (χ0) is 17.8. The standard InChI is InChI=1S/C19H18Cl2N2OS/c1-3-23-18(16-10-5-13(20)11-17(16)21)12-25-19(23)22-14-6-8-15(9-7-14)24-4-2/h5-12H,3-4H2,1-2H3. The molecule has 0 saturated heterocycles. The molecule has 6 heteroatoms. The molecule has 1 heterocycles. The minimum absolute atomic E-state index is 0.631. The number of hydrogen-bond donors (Lipinski definition) is 0. The van der Waals surface area contributed by atoms with Gasteiger partial charge in [-0.05, 0) is 56.3 Å². The minimum atomic E-state index is 0.631. The summed E-state index contributed by atoms with van der Waals surface area (Å²) in [6.07, 6.45) is 0. The molecule has 25 heavy (non-hydrogen) atoms. The molecule has 3 aromatic rings. The summed E-state index contributed by atoms with van der Waals surface area (Å²) >= 11 is 14.0. The van der Waals surface area contributed by atoms with Gasteiger partial charge in [-0.25, -0.2) is 4.99 Å². The van der Waals surface area contributed by atoms with E-state index in [4.69, 9.17) is 32.9 Å². The van der Waals surface area contributed by atoms with Crippen molar-refractivity contribution in [2.75, 3.05) is 6.61 Å². The van der Waals surface area contributed by atoms with Crippen molar-refractivity contribution in [2.24, 2.45) is 4.99 Å². The lowest BCUT2D eigenvalue weighted by Gasteiger charge is -2.08. The quantitative estimate of drug-likeness (QED) is 0.509. The molecule has 0 radical (unpaired) electrons. The minimum Gasteiger partial charge on any atom is -0.494 e. The van der Waals surface area contributed by atoms with E-state index in [9.17, 15) is 0 Å². The molecule has 0 bridgehead atoms.